The number of rotatable bonds is 4. The van der Waals surface area contributed by atoms with Gasteiger partial charge in [-0.15, -0.1) is 0 Å². The molecule has 1 unspecified atom stereocenters. The van der Waals surface area contributed by atoms with Gasteiger partial charge in [0.1, 0.15) is 16.8 Å². The zero-order chi connectivity index (χ0) is 25.2. The van der Waals surface area contributed by atoms with Crippen molar-refractivity contribution in [3.63, 3.8) is 0 Å². The van der Waals surface area contributed by atoms with Gasteiger partial charge in [-0.1, -0.05) is 70.0 Å². The molecule has 0 spiro atoms. The van der Waals surface area contributed by atoms with Crippen LogP contribution in [-0.2, 0) is 20.7 Å². The molecule has 1 fully saturated rings. The molecule has 35 heavy (non-hydrogen) atoms. The quantitative estimate of drug-likeness (QED) is 0.252. The number of aliphatic hydroxyl groups is 3. The minimum absolute atomic E-state index is 0.00155. The molecule has 0 amide bonds. The Morgan fingerprint density at radius 1 is 1.09 bits per heavy atom. The summed E-state index contributed by atoms with van der Waals surface area (Å²) in [5.41, 5.74) is -4.12. The third-order valence-corrected chi connectivity index (χ3v) is 7.64. The highest BCUT2D eigenvalue weighted by Gasteiger charge is 2.84. The molecule has 3 aromatic rings. The van der Waals surface area contributed by atoms with Crippen LogP contribution < -0.4 is 9.47 Å². The number of esters is 1. The summed E-state index contributed by atoms with van der Waals surface area (Å²) in [6.07, 6.45) is 0. The van der Waals surface area contributed by atoms with E-state index in [2.05, 4.69) is 20.9 Å². The van der Waals surface area contributed by atoms with E-state index in [4.69, 9.17) is 25.8 Å². The van der Waals surface area contributed by atoms with Gasteiger partial charge in [0.25, 0.3) is 0 Å². The van der Waals surface area contributed by atoms with E-state index in [9.17, 15) is 20.1 Å². The number of hydrogen-bond acceptors (Lipinski definition) is 8. The average Bonchev–Trinajstić information content (AvgIpc) is 2.92. The second-order valence-electron chi connectivity index (χ2n) is 8.50. The summed E-state index contributed by atoms with van der Waals surface area (Å²) in [5, 5.41) is 36.2. The zero-order valence-corrected chi connectivity index (χ0v) is 20.9. The van der Waals surface area contributed by atoms with Gasteiger partial charge in [0.15, 0.2) is 11.2 Å². The van der Waals surface area contributed by atoms with Crippen LogP contribution in [0.1, 0.15) is 22.6 Å². The van der Waals surface area contributed by atoms with E-state index in [-0.39, 0.29) is 22.3 Å². The standard InChI is InChI=1S/C25H21BrClNO7/c1-33-21-19-16(12-17(27)28-21)35-24(14-8-10-15(26)11-9-14)18(13-6-4-3-5-7-13)20(22(29)34-2)23(19,30)25(24,31)32/h3-12,18,20,30-32H,1-2H3/t18-,20?,23+,24+/m1/s1. The Morgan fingerprint density at radius 3 is 2.34 bits per heavy atom. The molecule has 3 N–H and O–H groups in total. The summed E-state index contributed by atoms with van der Waals surface area (Å²) in [6.45, 7) is 0. The Hall–Kier alpha value is -2.69. The lowest BCUT2D eigenvalue weighted by Crippen LogP contribution is -2.65. The van der Waals surface area contributed by atoms with Gasteiger partial charge in [0.05, 0.1) is 25.7 Å². The van der Waals surface area contributed by atoms with Crippen LogP contribution in [0.15, 0.2) is 65.1 Å². The molecule has 182 valence electrons. The Morgan fingerprint density at radius 2 is 1.74 bits per heavy atom. The first-order valence-corrected chi connectivity index (χ1v) is 11.8. The monoisotopic (exact) mass is 561 g/mol. The van der Waals surface area contributed by atoms with Crippen molar-refractivity contribution in [2.24, 2.45) is 5.92 Å². The predicted molar refractivity (Wildman–Crippen MR) is 128 cm³/mol. The van der Waals surface area contributed by atoms with E-state index < -0.39 is 34.8 Å². The zero-order valence-electron chi connectivity index (χ0n) is 18.6. The lowest BCUT2D eigenvalue weighted by Gasteiger charge is -2.49. The summed E-state index contributed by atoms with van der Waals surface area (Å²) >= 11 is 9.60. The summed E-state index contributed by atoms with van der Waals surface area (Å²) in [5.74, 6) is -6.79. The van der Waals surface area contributed by atoms with E-state index in [1.54, 1.807) is 54.6 Å². The minimum Gasteiger partial charge on any atom is -0.481 e. The van der Waals surface area contributed by atoms with Gasteiger partial charge in [-0.25, -0.2) is 4.98 Å². The van der Waals surface area contributed by atoms with Crippen molar-refractivity contribution < 1.29 is 34.3 Å². The van der Waals surface area contributed by atoms with Crippen LogP contribution in [0.2, 0.25) is 5.15 Å². The van der Waals surface area contributed by atoms with Crippen molar-refractivity contribution in [3.05, 3.63) is 87.0 Å². The van der Waals surface area contributed by atoms with Crippen LogP contribution in [0, 0.1) is 5.92 Å². The maximum absolute atomic E-state index is 13.4. The van der Waals surface area contributed by atoms with Gasteiger partial charge < -0.3 is 29.5 Å². The van der Waals surface area contributed by atoms with Crippen LogP contribution in [0.4, 0.5) is 0 Å². The lowest BCUT2D eigenvalue weighted by atomic mass is 9.74. The van der Waals surface area contributed by atoms with Crippen molar-refractivity contribution in [2.45, 2.75) is 22.9 Å². The van der Waals surface area contributed by atoms with Crippen molar-refractivity contribution >= 4 is 33.5 Å². The molecule has 4 atom stereocenters. The molecule has 2 heterocycles. The molecular weight excluding hydrogens is 542 g/mol. The molecule has 2 bridgehead atoms. The predicted octanol–water partition coefficient (Wildman–Crippen LogP) is 3.25. The number of carbonyl (C=O) groups excluding carboxylic acids is 1. The van der Waals surface area contributed by atoms with Crippen LogP contribution >= 0.6 is 27.5 Å². The fourth-order valence-electron chi connectivity index (χ4n) is 5.54. The summed E-state index contributed by atoms with van der Waals surface area (Å²) in [4.78, 5) is 17.5. The van der Waals surface area contributed by atoms with E-state index >= 15 is 0 Å². The number of hydrogen-bond donors (Lipinski definition) is 3. The molecule has 1 aliphatic heterocycles. The van der Waals surface area contributed by atoms with Gasteiger partial charge in [-0.3, -0.25) is 4.79 Å². The molecule has 0 saturated heterocycles. The molecule has 2 aliphatic rings. The minimum atomic E-state index is -3.05. The topological polar surface area (TPSA) is 118 Å². The SMILES string of the molecule is COC(=O)C1[C@@H](c2ccccc2)[C@]2(c3ccc(Br)cc3)Oc3cc(Cl)nc(OC)c3[C@@]1(O)C2(O)O. The van der Waals surface area contributed by atoms with Gasteiger partial charge in [-0.05, 0) is 17.7 Å². The van der Waals surface area contributed by atoms with Crippen LogP contribution in [0.25, 0.3) is 0 Å². The first-order valence-electron chi connectivity index (χ1n) is 10.6. The number of methoxy groups -OCH3 is 2. The Balaban J connectivity index is 1.96. The van der Waals surface area contributed by atoms with Crippen LogP contribution in [0.3, 0.4) is 0 Å². The first-order chi connectivity index (χ1) is 16.6. The van der Waals surface area contributed by atoms with Gasteiger partial charge in [0, 0.05) is 16.1 Å². The second-order valence-corrected chi connectivity index (χ2v) is 9.80. The van der Waals surface area contributed by atoms with Crippen molar-refractivity contribution in [2.75, 3.05) is 14.2 Å². The van der Waals surface area contributed by atoms with Gasteiger partial charge in [0.2, 0.25) is 11.7 Å². The Bertz CT molecular complexity index is 1300. The van der Waals surface area contributed by atoms with E-state index in [1.165, 1.54) is 13.2 Å². The number of ether oxygens (including phenoxy) is 3. The highest BCUT2D eigenvalue weighted by molar-refractivity contribution is 9.10. The van der Waals surface area contributed by atoms with E-state index in [0.717, 1.165) is 11.6 Å². The number of aromatic nitrogens is 1. The first kappa shape index (κ1) is 24.0. The molecule has 1 aliphatic carbocycles. The fourth-order valence-corrected chi connectivity index (χ4v) is 5.98. The van der Waals surface area contributed by atoms with E-state index in [1.807, 2.05) is 0 Å². The Labute approximate surface area is 214 Å². The summed E-state index contributed by atoms with van der Waals surface area (Å²) in [7, 11) is 2.45. The van der Waals surface area contributed by atoms with Gasteiger partial charge in [-0.2, -0.15) is 0 Å². The molecule has 0 radical (unpaired) electrons. The number of carbonyl (C=O) groups is 1. The third-order valence-electron chi connectivity index (χ3n) is 6.92. The summed E-state index contributed by atoms with van der Waals surface area (Å²) < 4.78 is 17.6. The fraction of sp³-hybridized carbons (Fsp3) is 0.280. The van der Waals surface area contributed by atoms with Crippen LogP contribution in [0.5, 0.6) is 11.6 Å². The maximum Gasteiger partial charge on any atom is 0.312 e. The molecule has 5 rings (SSSR count). The smallest absolute Gasteiger partial charge is 0.312 e. The highest BCUT2D eigenvalue weighted by Crippen LogP contribution is 2.71. The average molecular weight is 563 g/mol. The molecule has 1 aromatic heterocycles. The highest BCUT2D eigenvalue weighted by atomic mass is 79.9. The number of halogens is 2. The van der Waals surface area contributed by atoms with Crippen molar-refractivity contribution in [3.8, 4) is 11.6 Å². The second kappa shape index (κ2) is 8.18. The molecular formula is C25H21BrClNO7. The summed E-state index contributed by atoms with van der Waals surface area (Å²) in [6, 6.07) is 16.7. The number of benzene rings is 2. The van der Waals surface area contributed by atoms with Crippen LogP contribution in [-0.4, -0.2) is 46.3 Å². The largest absolute Gasteiger partial charge is 0.481 e. The molecule has 2 aromatic carbocycles. The normalized spacial score (nSPS) is 28.1. The van der Waals surface area contributed by atoms with Crippen molar-refractivity contribution in [1.82, 2.24) is 4.98 Å². The third kappa shape index (κ3) is 3.02. The molecule has 10 heteroatoms. The Kier molecular flexibility index (Phi) is 5.61. The lowest BCUT2D eigenvalue weighted by molar-refractivity contribution is -0.341. The van der Waals surface area contributed by atoms with Crippen molar-refractivity contribution in [1.29, 1.82) is 0 Å². The van der Waals surface area contributed by atoms with Gasteiger partial charge >= 0.3 is 5.97 Å². The number of nitrogens with zero attached hydrogens (tertiary/aromatic N) is 1. The molecule has 8 nitrogen and oxygen atoms in total. The van der Waals surface area contributed by atoms with E-state index in [0.29, 0.717) is 11.1 Å². The number of pyridine rings is 1. The molecule has 1 saturated carbocycles. The number of fused-ring (bicyclic) bond motifs is 4. The maximum atomic E-state index is 13.4.